The standard InChI is InChI=1S/C26H25BN6O3/c27-19-15-30-33-24(29-14-17-4-3-9-28-13-17)12-20(31-25(19)33)18-7-10-32(11-8-18)26(34)23-16-35-21-5-1-2-6-22(21)36-23/h1-6,9,12-13,15,18,23,29H,7-8,10-11,14,16H2. The highest BCUT2D eigenvalue weighted by Gasteiger charge is 2.33. The molecule has 1 amide bonds. The maximum atomic E-state index is 13.1. The highest BCUT2D eigenvalue weighted by atomic mass is 16.6. The number of pyridine rings is 1. The first-order valence-corrected chi connectivity index (χ1v) is 12.1. The van der Waals surface area contributed by atoms with Crippen LogP contribution in [0, 0.1) is 0 Å². The zero-order valence-corrected chi connectivity index (χ0v) is 19.7. The van der Waals surface area contributed by atoms with Gasteiger partial charge in [-0.1, -0.05) is 18.2 Å². The lowest BCUT2D eigenvalue weighted by Crippen LogP contribution is -2.48. The third-order valence-corrected chi connectivity index (χ3v) is 6.72. The van der Waals surface area contributed by atoms with Gasteiger partial charge in [0.05, 0.1) is 0 Å². The van der Waals surface area contributed by atoms with Crippen LogP contribution < -0.4 is 20.3 Å². The van der Waals surface area contributed by atoms with Crippen LogP contribution in [0.1, 0.15) is 30.0 Å². The Morgan fingerprint density at radius 2 is 1.94 bits per heavy atom. The second kappa shape index (κ2) is 9.52. The van der Waals surface area contributed by atoms with E-state index in [4.69, 9.17) is 22.3 Å². The average Bonchev–Trinajstić information content (AvgIpc) is 3.32. The fraction of sp³-hybridized carbons (Fsp3) is 0.308. The van der Waals surface area contributed by atoms with Crippen LogP contribution in [-0.2, 0) is 11.3 Å². The summed E-state index contributed by atoms with van der Waals surface area (Å²) in [4.78, 5) is 24.0. The van der Waals surface area contributed by atoms with Gasteiger partial charge in [0, 0.05) is 55.9 Å². The van der Waals surface area contributed by atoms with Crippen molar-refractivity contribution in [2.24, 2.45) is 0 Å². The van der Waals surface area contributed by atoms with Gasteiger partial charge in [-0.25, -0.2) is 4.98 Å². The van der Waals surface area contributed by atoms with Crippen molar-refractivity contribution >= 4 is 30.7 Å². The van der Waals surface area contributed by atoms with Crippen LogP contribution in [0.3, 0.4) is 0 Å². The van der Waals surface area contributed by atoms with Gasteiger partial charge in [-0.2, -0.15) is 9.61 Å². The molecule has 180 valence electrons. The molecule has 6 rings (SSSR count). The van der Waals surface area contributed by atoms with Crippen LogP contribution in [0.4, 0.5) is 5.82 Å². The molecule has 0 saturated carbocycles. The lowest BCUT2D eigenvalue weighted by atomic mass is 9.92. The van der Waals surface area contributed by atoms with Gasteiger partial charge in [0.2, 0.25) is 6.10 Å². The van der Waals surface area contributed by atoms with Crippen molar-refractivity contribution in [2.75, 3.05) is 25.0 Å². The molecule has 2 aliphatic rings. The first-order chi connectivity index (χ1) is 17.7. The highest BCUT2D eigenvalue weighted by Crippen LogP contribution is 2.33. The molecular formula is C26H25BN6O3. The van der Waals surface area contributed by atoms with Crippen molar-refractivity contribution in [3.05, 3.63) is 72.3 Å². The van der Waals surface area contributed by atoms with E-state index in [1.165, 1.54) is 0 Å². The largest absolute Gasteiger partial charge is 0.485 e. The van der Waals surface area contributed by atoms with Gasteiger partial charge in [-0.3, -0.25) is 9.78 Å². The van der Waals surface area contributed by atoms with Crippen LogP contribution in [-0.4, -0.2) is 64.0 Å². The Hall–Kier alpha value is -4.08. The number of ether oxygens (including phenoxy) is 2. The Morgan fingerprint density at radius 3 is 2.75 bits per heavy atom. The van der Waals surface area contributed by atoms with E-state index < -0.39 is 6.10 Å². The van der Waals surface area contributed by atoms with E-state index in [1.54, 1.807) is 16.9 Å². The number of carbonyl (C=O) groups excluding carboxylic acids is 1. The molecule has 4 aromatic rings. The molecule has 1 atom stereocenters. The maximum absolute atomic E-state index is 13.1. The van der Waals surface area contributed by atoms with Gasteiger partial charge < -0.3 is 19.7 Å². The summed E-state index contributed by atoms with van der Waals surface area (Å²) in [5, 5.41) is 7.84. The lowest BCUT2D eigenvalue weighted by molar-refractivity contribution is -0.142. The van der Waals surface area contributed by atoms with Crippen LogP contribution in [0.25, 0.3) is 5.65 Å². The summed E-state index contributed by atoms with van der Waals surface area (Å²) in [7, 11) is 6.17. The quantitative estimate of drug-likeness (QED) is 0.437. The SMILES string of the molecule is [B]c1cnn2c(NCc3cccnc3)cc(C3CCN(C(=O)C4COc5ccccc5O4)CC3)nc12. The summed E-state index contributed by atoms with van der Waals surface area (Å²) in [6, 6.07) is 13.4. The predicted octanol–water partition coefficient (Wildman–Crippen LogP) is 2.08. The summed E-state index contributed by atoms with van der Waals surface area (Å²) in [6.07, 6.45) is 6.18. The second-order valence-electron chi connectivity index (χ2n) is 9.08. The molecule has 9 nitrogen and oxygen atoms in total. The van der Waals surface area contributed by atoms with Gasteiger partial charge in [0.25, 0.3) is 5.91 Å². The number of piperidine rings is 1. The monoisotopic (exact) mass is 480 g/mol. The van der Waals surface area contributed by atoms with Crippen molar-refractivity contribution in [3.63, 3.8) is 0 Å². The van der Waals surface area contributed by atoms with Crippen LogP contribution in [0.2, 0.25) is 0 Å². The number of hydrogen-bond donors (Lipinski definition) is 1. The predicted molar refractivity (Wildman–Crippen MR) is 135 cm³/mol. The summed E-state index contributed by atoms with van der Waals surface area (Å²) in [5.41, 5.74) is 3.17. The van der Waals surface area contributed by atoms with Gasteiger partial charge in [-0.15, -0.1) is 0 Å². The first kappa shape index (κ1) is 22.4. The van der Waals surface area contributed by atoms with Crippen molar-refractivity contribution < 1.29 is 14.3 Å². The van der Waals surface area contributed by atoms with Crippen molar-refractivity contribution in [1.82, 2.24) is 24.5 Å². The number of rotatable bonds is 5. The molecule has 0 spiro atoms. The van der Waals surface area contributed by atoms with Crippen LogP contribution >= 0.6 is 0 Å². The van der Waals surface area contributed by atoms with E-state index in [0.717, 1.165) is 29.9 Å². The Balaban J connectivity index is 1.15. The molecule has 36 heavy (non-hydrogen) atoms. The topological polar surface area (TPSA) is 93.9 Å². The minimum Gasteiger partial charge on any atom is -0.485 e. The summed E-state index contributed by atoms with van der Waals surface area (Å²) < 4.78 is 13.4. The third kappa shape index (κ3) is 4.34. The number of anilines is 1. The Kier molecular flexibility index (Phi) is 5.92. The van der Waals surface area contributed by atoms with Crippen molar-refractivity contribution in [3.8, 4) is 11.5 Å². The molecule has 3 aromatic heterocycles. The Bertz CT molecular complexity index is 1390. The third-order valence-electron chi connectivity index (χ3n) is 6.72. The van der Waals surface area contributed by atoms with Gasteiger partial charge in [-0.05, 0) is 42.1 Å². The molecule has 1 aromatic carbocycles. The Labute approximate surface area is 209 Å². The fourth-order valence-electron chi connectivity index (χ4n) is 4.77. The van der Waals surface area contributed by atoms with E-state index >= 15 is 0 Å². The minimum atomic E-state index is -0.624. The molecule has 0 aliphatic carbocycles. The zero-order valence-electron chi connectivity index (χ0n) is 19.7. The number of hydrogen-bond acceptors (Lipinski definition) is 7. The van der Waals surface area contributed by atoms with Gasteiger partial charge in [0.15, 0.2) is 11.5 Å². The van der Waals surface area contributed by atoms with Gasteiger partial charge in [0.1, 0.15) is 25.9 Å². The first-order valence-electron chi connectivity index (χ1n) is 12.1. The molecule has 2 aliphatic heterocycles. The van der Waals surface area contributed by atoms with E-state index in [0.29, 0.717) is 42.2 Å². The van der Waals surface area contributed by atoms with E-state index in [-0.39, 0.29) is 18.4 Å². The fourth-order valence-corrected chi connectivity index (χ4v) is 4.77. The summed E-state index contributed by atoms with van der Waals surface area (Å²) in [5.74, 6) is 2.27. The molecule has 1 unspecified atom stereocenters. The number of carbonyl (C=O) groups is 1. The molecule has 1 N–H and O–H groups in total. The summed E-state index contributed by atoms with van der Waals surface area (Å²) in [6.45, 7) is 2.09. The molecule has 1 saturated heterocycles. The van der Waals surface area contributed by atoms with Gasteiger partial charge >= 0.3 is 0 Å². The van der Waals surface area contributed by atoms with Crippen LogP contribution in [0.5, 0.6) is 11.5 Å². The van der Waals surface area contributed by atoms with Crippen molar-refractivity contribution in [1.29, 1.82) is 0 Å². The van der Waals surface area contributed by atoms with Crippen molar-refractivity contribution in [2.45, 2.75) is 31.4 Å². The number of fused-ring (bicyclic) bond motifs is 2. The molecule has 1 fully saturated rings. The lowest BCUT2D eigenvalue weighted by Gasteiger charge is -2.35. The zero-order chi connectivity index (χ0) is 24.5. The number of nitrogens with zero attached hydrogens (tertiary/aromatic N) is 5. The number of likely N-dealkylation sites (tertiary alicyclic amines) is 1. The smallest absolute Gasteiger partial charge is 0.267 e. The molecule has 2 radical (unpaired) electrons. The average molecular weight is 480 g/mol. The number of para-hydroxylation sites is 2. The normalized spacial score (nSPS) is 17.8. The number of amides is 1. The number of benzene rings is 1. The Morgan fingerprint density at radius 1 is 1.11 bits per heavy atom. The highest BCUT2D eigenvalue weighted by molar-refractivity contribution is 6.36. The molecular weight excluding hydrogens is 455 g/mol. The summed E-state index contributed by atoms with van der Waals surface area (Å²) >= 11 is 0. The maximum Gasteiger partial charge on any atom is 0.267 e. The molecule has 5 heterocycles. The van der Waals surface area contributed by atoms with Crippen LogP contribution in [0.15, 0.2) is 61.1 Å². The number of nitrogens with one attached hydrogen (secondary N) is 1. The molecule has 10 heteroatoms. The number of aromatic nitrogens is 4. The van der Waals surface area contributed by atoms with E-state index in [1.807, 2.05) is 53.6 Å². The minimum absolute atomic E-state index is 0.0368. The second-order valence-corrected chi connectivity index (χ2v) is 9.08. The van der Waals surface area contributed by atoms with E-state index in [9.17, 15) is 4.79 Å². The molecule has 0 bridgehead atoms. The van der Waals surface area contributed by atoms with E-state index in [2.05, 4.69) is 15.4 Å².